The van der Waals surface area contributed by atoms with Gasteiger partial charge in [0, 0.05) is 38.4 Å². The van der Waals surface area contributed by atoms with Gasteiger partial charge in [-0.3, -0.25) is 0 Å². The first kappa shape index (κ1) is 31.1. The van der Waals surface area contributed by atoms with Crippen LogP contribution < -0.4 is 0 Å². The quantitative estimate of drug-likeness (QED) is 0.166. The summed E-state index contributed by atoms with van der Waals surface area (Å²) in [6, 6.07) is 65.6. The zero-order valence-electron chi connectivity index (χ0n) is 29.1. The van der Waals surface area contributed by atoms with Crippen molar-refractivity contribution in [3.63, 3.8) is 0 Å². The molecule has 0 bridgehead atoms. The van der Waals surface area contributed by atoms with Gasteiger partial charge in [0.05, 0.1) is 40.4 Å². The van der Waals surface area contributed by atoms with Crippen LogP contribution in [0.5, 0.6) is 0 Å². The van der Waals surface area contributed by atoms with Gasteiger partial charge >= 0.3 is 0 Å². The number of nitrogens with zero attached hydrogens (tertiary/aromatic N) is 4. The van der Waals surface area contributed by atoms with Crippen LogP contribution >= 0.6 is 0 Å². The van der Waals surface area contributed by atoms with Crippen LogP contribution in [0.4, 0.5) is 5.69 Å². The van der Waals surface area contributed by atoms with Gasteiger partial charge < -0.3 is 9.13 Å². The minimum absolute atomic E-state index is 0.449. The molecule has 10 aromatic rings. The van der Waals surface area contributed by atoms with E-state index >= 15 is 0 Å². The van der Waals surface area contributed by atoms with Gasteiger partial charge in [0.25, 0.3) is 0 Å². The average molecular weight is 687 g/mol. The zero-order valence-corrected chi connectivity index (χ0v) is 29.1. The Hall–Kier alpha value is -7.66. The molecular weight excluding hydrogens is 657 g/mol. The first-order valence-electron chi connectivity index (χ1n) is 18.0. The number of nitriles is 1. The lowest BCUT2D eigenvalue weighted by atomic mass is 9.88. The molecule has 0 unspecified atom stereocenters. The lowest BCUT2D eigenvalue weighted by Gasteiger charge is -2.21. The summed E-state index contributed by atoms with van der Waals surface area (Å²) in [6.45, 7) is 8.15. The molecule has 0 aliphatic carbocycles. The Kier molecular flexibility index (Phi) is 7.22. The number of aromatic nitrogens is 2. The van der Waals surface area contributed by atoms with Gasteiger partial charge in [-0.25, -0.2) is 4.85 Å². The summed E-state index contributed by atoms with van der Waals surface area (Å²) >= 11 is 0. The highest BCUT2D eigenvalue weighted by molar-refractivity contribution is 6.26. The van der Waals surface area contributed by atoms with Gasteiger partial charge in [-0.15, -0.1) is 0 Å². The lowest BCUT2D eigenvalue weighted by Crippen LogP contribution is -2.00. The molecule has 2 heterocycles. The number of benzene rings is 8. The monoisotopic (exact) mass is 686 g/mol. The normalized spacial score (nSPS) is 11.3. The Morgan fingerprint density at radius 3 is 1.76 bits per heavy atom. The van der Waals surface area contributed by atoms with Crippen molar-refractivity contribution >= 4 is 49.3 Å². The molecule has 4 heteroatoms. The average Bonchev–Trinajstić information content (AvgIpc) is 3.77. The molecule has 0 aliphatic rings. The first-order valence-corrected chi connectivity index (χ1v) is 18.0. The third kappa shape index (κ3) is 4.76. The fourth-order valence-electron chi connectivity index (χ4n) is 8.24. The van der Waals surface area contributed by atoms with Crippen LogP contribution in [0.25, 0.3) is 93.2 Å². The fraction of sp³-hybridized carbons (Fsp3) is 0. The van der Waals surface area contributed by atoms with Crippen molar-refractivity contribution < 1.29 is 0 Å². The molecule has 2 aromatic heterocycles. The highest BCUT2D eigenvalue weighted by atomic mass is 15.0. The molecule has 0 radical (unpaired) electrons. The standard InChI is InChI=1S/C50H30N4/c1-52-44-29-33(32-51)25-26-37(44)43-30-42(35-17-7-3-8-18-35)48(31-41(43)34-15-5-2-6-16-34)54-45-23-13-11-21-38(45)39-27-28-47-49(50(39)54)40-22-12-14-24-46(40)53(47)36-19-9-4-10-20-36/h2-31H. The van der Waals surface area contributed by atoms with E-state index in [2.05, 4.69) is 172 Å². The maximum absolute atomic E-state index is 9.71. The van der Waals surface area contributed by atoms with E-state index in [4.69, 9.17) is 6.57 Å². The summed E-state index contributed by atoms with van der Waals surface area (Å²) in [6.07, 6.45) is 0. The van der Waals surface area contributed by atoms with Gasteiger partial charge in [0.2, 0.25) is 0 Å². The van der Waals surface area contributed by atoms with Crippen molar-refractivity contribution in [2.24, 2.45) is 0 Å². The van der Waals surface area contributed by atoms with E-state index in [1.54, 1.807) is 12.1 Å². The molecular formula is C50H30N4. The smallest absolute Gasteiger partial charge is 0.196 e. The van der Waals surface area contributed by atoms with Gasteiger partial charge in [0.15, 0.2) is 5.69 Å². The van der Waals surface area contributed by atoms with Crippen LogP contribution in [0.15, 0.2) is 182 Å². The summed E-state index contributed by atoms with van der Waals surface area (Å²) in [5.74, 6) is 0. The van der Waals surface area contributed by atoms with Crippen molar-refractivity contribution in [1.82, 2.24) is 9.13 Å². The van der Waals surface area contributed by atoms with Crippen LogP contribution in [-0.4, -0.2) is 9.13 Å². The fourth-order valence-corrected chi connectivity index (χ4v) is 8.24. The number of para-hydroxylation sites is 3. The number of fused-ring (bicyclic) bond motifs is 7. The predicted octanol–water partition coefficient (Wildman–Crippen LogP) is 13.3. The maximum atomic E-state index is 9.71. The van der Waals surface area contributed by atoms with Crippen LogP contribution in [0.1, 0.15) is 5.56 Å². The summed E-state index contributed by atoms with van der Waals surface area (Å²) in [4.78, 5) is 3.93. The van der Waals surface area contributed by atoms with Gasteiger partial charge in [0.1, 0.15) is 0 Å². The molecule has 0 amide bonds. The van der Waals surface area contributed by atoms with Gasteiger partial charge in [-0.05, 0) is 82.4 Å². The van der Waals surface area contributed by atoms with Crippen LogP contribution in [0, 0.1) is 17.9 Å². The van der Waals surface area contributed by atoms with E-state index in [1.165, 1.54) is 21.5 Å². The summed E-state index contributed by atoms with van der Waals surface area (Å²) in [7, 11) is 0. The van der Waals surface area contributed by atoms with Crippen molar-refractivity contribution in [3.05, 3.63) is 199 Å². The summed E-state index contributed by atoms with van der Waals surface area (Å²) < 4.78 is 4.83. The molecule has 0 saturated carbocycles. The highest BCUT2D eigenvalue weighted by Crippen LogP contribution is 2.47. The molecule has 0 N–H and O–H groups in total. The summed E-state index contributed by atoms with van der Waals surface area (Å²) in [5, 5.41) is 14.4. The van der Waals surface area contributed by atoms with Gasteiger partial charge in [-0.2, -0.15) is 5.26 Å². The zero-order chi connectivity index (χ0) is 36.2. The summed E-state index contributed by atoms with van der Waals surface area (Å²) in [5.41, 5.74) is 13.5. The molecule has 0 spiro atoms. The molecule has 0 aliphatic heterocycles. The Bertz CT molecular complexity index is 3160. The van der Waals surface area contributed by atoms with Crippen LogP contribution in [0.3, 0.4) is 0 Å². The molecule has 250 valence electrons. The van der Waals surface area contributed by atoms with Crippen molar-refractivity contribution in [2.45, 2.75) is 0 Å². The predicted molar refractivity (Wildman–Crippen MR) is 222 cm³/mol. The second-order valence-corrected chi connectivity index (χ2v) is 13.5. The van der Waals surface area contributed by atoms with E-state index in [0.717, 1.165) is 66.8 Å². The number of rotatable bonds is 5. The lowest BCUT2D eigenvalue weighted by molar-refractivity contribution is 1.17. The molecule has 0 atom stereocenters. The molecule has 4 nitrogen and oxygen atoms in total. The van der Waals surface area contributed by atoms with Crippen molar-refractivity contribution in [2.75, 3.05) is 0 Å². The van der Waals surface area contributed by atoms with E-state index in [0.29, 0.717) is 11.3 Å². The van der Waals surface area contributed by atoms with E-state index in [-0.39, 0.29) is 0 Å². The minimum atomic E-state index is 0.449. The molecule has 8 aromatic carbocycles. The highest BCUT2D eigenvalue weighted by Gasteiger charge is 2.24. The first-order chi connectivity index (χ1) is 26.7. The van der Waals surface area contributed by atoms with E-state index < -0.39 is 0 Å². The van der Waals surface area contributed by atoms with E-state index in [1.807, 2.05) is 18.2 Å². The SMILES string of the molecule is [C-]#[N+]c1cc(C#N)ccc1-c1cc(-c2ccccc2)c(-n2c3ccccc3c3ccc4c(c5ccccc5n4-c4ccccc4)c32)cc1-c1ccccc1. The van der Waals surface area contributed by atoms with Crippen molar-refractivity contribution in [1.29, 1.82) is 5.26 Å². The van der Waals surface area contributed by atoms with Crippen LogP contribution in [-0.2, 0) is 0 Å². The molecule has 10 rings (SSSR count). The topological polar surface area (TPSA) is 38.0 Å². The van der Waals surface area contributed by atoms with E-state index in [9.17, 15) is 5.26 Å². The molecule has 0 fully saturated rings. The Morgan fingerprint density at radius 2 is 1.07 bits per heavy atom. The van der Waals surface area contributed by atoms with Gasteiger partial charge in [-0.1, -0.05) is 127 Å². The third-order valence-corrected chi connectivity index (χ3v) is 10.6. The molecule has 0 saturated heterocycles. The second-order valence-electron chi connectivity index (χ2n) is 13.5. The van der Waals surface area contributed by atoms with Crippen molar-refractivity contribution in [3.8, 4) is 50.8 Å². The minimum Gasteiger partial charge on any atom is -0.309 e. The number of hydrogen-bond donors (Lipinski definition) is 0. The largest absolute Gasteiger partial charge is 0.309 e. The van der Waals surface area contributed by atoms with Crippen LogP contribution in [0.2, 0.25) is 0 Å². The Labute approximate surface area is 312 Å². The molecule has 54 heavy (non-hydrogen) atoms. The second kappa shape index (κ2) is 12.5. The maximum Gasteiger partial charge on any atom is 0.196 e. The Balaban J connectivity index is 1.41. The number of hydrogen-bond acceptors (Lipinski definition) is 1. The Morgan fingerprint density at radius 1 is 0.463 bits per heavy atom. The third-order valence-electron chi connectivity index (χ3n) is 10.6.